The van der Waals surface area contributed by atoms with Gasteiger partial charge in [-0.05, 0) is 12.5 Å². The largest absolute Gasteiger partial charge is 0.381 e. The van der Waals surface area contributed by atoms with Crippen LogP contribution in [0.4, 0.5) is 0 Å². The second kappa shape index (κ2) is 4.78. The predicted molar refractivity (Wildman–Crippen MR) is 67.4 cm³/mol. The number of nitrogens with zero attached hydrogens (tertiary/aromatic N) is 1. The summed E-state index contributed by atoms with van der Waals surface area (Å²) in [4.78, 5) is 12.0. The molecule has 0 aliphatic carbocycles. The van der Waals surface area contributed by atoms with Gasteiger partial charge in [-0.25, -0.2) is 0 Å². The van der Waals surface area contributed by atoms with Gasteiger partial charge in [-0.1, -0.05) is 18.2 Å². The number of fused-ring (bicyclic) bond motifs is 1. The fourth-order valence-electron chi connectivity index (χ4n) is 2.20. The van der Waals surface area contributed by atoms with E-state index in [0.717, 1.165) is 30.5 Å². The zero-order valence-corrected chi connectivity index (χ0v) is 9.98. The molecule has 1 amide bonds. The fraction of sp³-hybridized carbons (Fsp3) is 0.385. The van der Waals surface area contributed by atoms with Gasteiger partial charge >= 0.3 is 0 Å². The van der Waals surface area contributed by atoms with Crippen molar-refractivity contribution in [3.63, 3.8) is 0 Å². The highest BCUT2D eigenvalue weighted by Gasteiger charge is 2.18. The van der Waals surface area contributed by atoms with E-state index in [2.05, 4.69) is 15.5 Å². The van der Waals surface area contributed by atoms with Crippen LogP contribution in [-0.4, -0.2) is 35.9 Å². The fourth-order valence-corrected chi connectivity index (χ4v) is 2.20. The topological polar surface area (TPSA) is 67.0 Å². The second-order valence-electron chi connectivity index (χ2n) is 4.56. The normalized spacial score (nSPS) is 19.2. The zero-order valence-electron chi connectivity index (χ0n) is 9.98. The summed E-state index contributed by atoms with van der Waals surface area (Å²) in [6.45, 7) is 2.19. The minimum atomic E-state index is -0.126. The van der Waals surface area contributed by atoms with Gasteiger partial charge in [0.15, 0.2) is 5.69 Å². The Morgan fingerprint density at radius 1 is 1.50 bits per heavy atom. The number of hydrogen-bond acceptors (Lipinski definition) is 3. The Kier molecular flexibility index (Phi) is 2.98. The molecule has 5 heteroatoms. The van der Waals surface area contributed by atoms with Gasteiger partial charge in [0, 0.05) is 24.5 Å². The number of aromatic amines is 1. The highest BCUT2D eigenvalue weighted by Crippen LogP contribution is 2.15. The van der Waals surface area contributed by atoms with E-state index in [1.807, 2.05) is 24.3 Å². The monoisotopic (exact) mass is 245 g/mol. The van der Waals surface area contributed by atoms with E-state index in [4.69, 9.17) is 4.74 Å². The van der Waals surface area contributed by atoms with E-state index in [9.17, 15) is 4.79 Å². The second-order valence-corrected chi connectivity index (χ2v) is 4.56. The average Bonchev–Trinajstić information content (AvgIpc) is 3.05. The number of carbonyl (C=O) groups is 1. The molecular formula is C13H15N3O2. The first-order valence-corrected chi connectivity index (χ1v) is 6.13. The SMILES string of the molecule is O=C(NCC1CCOC1)c1n[nH]c2ccccc12. The van der Waals surface area contributed by atoms with E-state index in [1.54, 1.807) is 0 Å². The summed E-state index contributed by atoms with van der Waals surface area (Å²) in [7, 11) is 0. The number of para-hydroxylation sites is 1. The molecule has 2 heterocycles. The number of benzene rings is 1. The van der Waals surface area contributed by atoms with Crippen LogP contribution in [0.15, 0.2) is 24.3 Å². The van der Waals surface area contributed by atoms with E-state index in [-0.39, 0.29) is 5.91 Å². The van der Waals surface area contributed by atoms with Crippen molar-refractivity contribution >= 4 is 16.8 Å². The summed E-state index contributed by atoms with van der Waals surface area (Å²) >= 11 is 0. The number of rotatable bonds is 3. The van der Waals surface area contributed by atoms with Crippen LogP contribution in [0.3, 0.4) is 0 Å². The van der Waals surface area contributed by atoms with E-state index >= 15 is 0 Å². The lowest BCUT2D eigenvalue weighted by Gasteiger charge is -2.08. The number of amides is 1. The third-order valence-corrected chi connectivity index (χ3v) is 3.26. The minimum absolute atomic E-state index is 0.126. The molecule has 2 aromatic rings. The summed E-state index contributed by atoms with van der Waals surface area (Å²) in [5.41, 5.74) is 1.34. The van der Waals surface area contributed by atoms with Crippen molar-refractivity contribution in [2.75, 3.05) is 19.8 Å². The maximum atomic E-state index is 12.0. The molecule has 94 valence electrons. The molecule has 3 rings (SSSR count). The van der Waals surface area contributed by atoms with Crippen molar-refractivity contribution in [3.05, 3.63) is 30.0 Å². The Bertz CT molecular complexity index is 558. The molecule has 0 spiro atoms. The lowest BCUT2D eigenvalue weighted by Crippen LogP contribution is -2.29. The molecule has 1 unspecified atom stereocenters. The molecule has 1 atom stereocenters. The van der Waals surface area contributed by atoms with Crippen molar-refractivity contribution in [3.8, 4) is 0 Å². The maximum Gasteiger partial charge on any atom is 0.272 e. The number of nitrogens with one attached hydrogen (secondary N) is 2. The highest BCUT2D eigenvalue weighted by molar-refractivity contribution is 6.04. The minimum Gasteiger partial charge on any atom is -0.381 e. The maximum absolute atomic E-state index is 12.0. The van der Waals surface area contributed by atoms with Crippen molar-refractivity contribution in [1.29, 1.82) is 0 Å². The third kappa shape index (κ3) is 2.09. The molecule has 1 saturated heterocycles. The molecule has 1 aromatic carbocycles. The van der Waals surface area contributed by atoms with E-state index in [0.29, 0.717) is 18.2 Å². The van der Waals surface area contributed by atoms with Gasteiger partial charge < -0.3 is 10.1 Å². The standard InChI is InChI=1S/C13H15N3O2/c17-13(14-7-9-5-6-18-8-9)12-10-3-1-2-4-11(10)15-16-12/h1-4,9H,5-8H2,(H,14,17)(H,15,16). The number of carbonyl (C=O) groups excluding carboxylic acids is 1. The van der Waals surface area contributed by atoms with Crippen molar-refractivity contribution in [2.24, 2.45) is 5.92 Å². The number of H-pyrrole nitrogens is 1. The smallest absolute Gasteiger partial charge is 0.272 e. The van der Waals surface area contributed by atoms with Crippen LogP contribution in [0.1, 0.15) is 16.9 Å². The first-order valence-electron chi connectivity index (χ1n) is 6.13. The van der Waals surface area contributed by atoms with Crippen LogP contribution in [0.5, 0.6) is 0 Å². The van der Waals surface area contributed by atoms with Gasteiger partial charge in [0.25, 0.3) is 5.91 Å². The molecule has 5 nitrogen and oxygen atoms in total. The molecule has 0 bridgehead atoms. The molecular weight excluding hydrogens is 230 g/mol. The Hall–Kier alpha value is -1.88. The van der Waals surface area contributed by atoms with Gasteiger partial charge in [-0.2, -0.15) is 5.10 Å². The first-order chi connectivity index (χ1) is 8.84. The molecule has 0 radical (unpaired) electrons. The Labute approximate surface area is 105 Å². The summed E-state index contributed by atoms with van der Waals surface area (Å²) in [6.07, 6.45) is 1.02. The average molecular weight is 245 g/mol. The molecule has 1 aliphatic rings. The highest BCUT2D eigenvalue weighted by atomic mass is 16.5. The molecule has 1 fully saturated rings. The first kappa shape index (κ1) is 11.2. The van der Waals surface area contributed by atoms with Crippen LogP contribution < -0.4 is 5.32 Å². The molecule has 18 heavy (non-hydrogen) atoms. The van der Waals surface area contributed by atoms with Crippen LogP contribution in [0.25, 0.3) is 10.9 Å². The number of ether oxygens (including phenoxy) is 1. The van der Waals surface area contributed by atoms with Crippen LogP contribution in [0, 0.1) is 5.92 Å². The molecule has 1 aromatic heterocycles. The van der Waals surface area contributed by atoms with Gasteiger partial charge in [-0.15, -0.1) is 0 Å². The van der Waals surface area contributed by atoms with Crippen LogP contribution >= 0.6 is 0 Å². The lowest BCUT2D eigenvalue weighted by molar-refractivity contribution is 0.0941. The van der Waals surface area contributed by atoms with Crippen molar-refractivity contribution in [2.45, 2.75) is 6.42 Å². The Morgan fingerprint density at radius 3 is 3.22 bits per heavy atom. The molecule has 1 aliphatic heterocycles. The number of aromatic nitrogens is 2. The summed E-state index contributed by atoms with van der Waals surface area (Å²) < 4.78 is 5.28. The zero-order chi connectivity index (χ0) is 12.4. The molecule has 0 saturated carbocycles. The predicted octanol–water partition coefficient (Wildman–Crippen LogP) is 1.33. The Balaban J connectivity index is 1.71. The van der Waals surface area contributed by atoms with E-state index < -0.39 is 0 Å². The quantitative estimate of drug-likeness (QED) is 0.857. The summed E-state index contributed by atoms with van der Waals surface area (Å²) in [5, 5.41) is 10.7. The van der Waals surface area contributed by atoms with Gasteiger partial charge in [0.1, 0.15) is 0 Å². The molecule has 2 N–H and O–H groups in total. The van der Waals surface area contributed by atoms with Gasteiger partial charge in [0.05, 0.1) is 12.1 Å². The van der Waals surface area contributed by atoms with E-state index in [1.165, 1.54) is 0 Å². The Morgan fingerprint density at radius 2 is 2.39 bits per heavy atom. The number of hydrogen-bond donors (Lipinski definition) is 2. The van der Waals surface area contributed by atoms with Crippen LogP contribution in [-0.2, 0) is 4.74 Å². The van der Waals surface area contributed by atoms with Crippen LogP contribution in [0.2, 0.25) is 0 Å². The van der Waals surface area contributed by atoms with Gasteiger partial charge in [-0.3, -0.25) is 9.89 Å². The van der Waals surface area contributed by atoms with Crippen molar-refractivity contribution in [1.82, 2.24) is 15.5 Å². The summed E-state index contributed by atoms with van der Waals surface area (Å²) in [6, 6.07) is 7.62. The van der Waals surface area contributed by atoms with Gasteiger partial charge in [0.2, 0.25) is 0 Å². The van der Waals surface area contributed by atoms with Crippen molar-refractivity contribution < 1.29 is 9.53 Å². The summed E-state index contributed by atoms with van der Waals surface area (Å²) in [5.74, 6) is 0.304. The third-order valence-electron chi connectivity index (χ3n) is 3.26. The lowest BCUT2D eigenvalue weighted by atomic mass is 10.1.